The summed E-state index contributed by atoms with van der Waals surface area (Å²) in [7, 11) is 1.53. The summed E-state index contributed by atoms with van der Waals surface area (Å²) in [5.41, 5.74) is 0.469. The maximum atomic E-state index is 13.3. The number of carbonyl (C=O) groups excluding carboxylic acids is 2. The molecular formula is C24H16F3NO3. The van der Waals surface area contributed by atoms with E-state index in [1.807, 2.05) is 0 Å². The Balaban J connectivity index is 1.85. The molecule has 0 unspecified atom stereocenters. The molecule has 0 fully saturated rings. The molecule has 156 valence electrons. The number of anilines is 1. The van der Waals surface area contributed by atoms with Crippen molar-refractivity contribution in [3.8, 4) is 5.75 Å². The molecule has 0 spiro atoms. The molecule has 0 aromatic heterocycles. The van der Waals surface area contributed by atoms with Crippen molar-refractivity contribution in [1.82, 2.24) is 0 Å². The van der Waals surface area contributed by atoms with Crippen molar-refractivity contribution in [1.29, 1.82) is 0 Å². The number of rotatable bonds is 3. The van der Waals surface area contributed by atoms with Gasteiger partial charge in [-0.1, -0.05) is 36.4 Å². The molecule has 0 bridgehead atoms. The molecular weight excluding hydrogens is 407 g/mol. The van der Waals surface area contributed by atoms with Crippen LogP contribution in [-0.2, 0) is 11.0 Å². The van der Waals surface area contributed by atoms with E-state index in [9.17, 15) is 22.8 Å². The van der Waals surface area contributed by atoms with E-state index in [1.165, 1.54) is 19.2 Å². The Morgan fingerprint density at radius 3 is 2.16 bits per heavy atom. The molecule has 1 heterocycles. The molecule has 2 amide bonds. The molecule has 0 saturated carbocycles. The Morgan fingerprint density at radius 2 is 1.52 bits per heavy atom. The van der Waals surface area contributed by atoms with Crippen LogP contribution in [0, 0.1) is 0 Å². The second-order valence-electron chi connectivity index (χ2n) is 6.87. The zero-order chi connectivity index (χ0) is 22.2. The minimum atomic E-state index is -4.60. The number of ether oxygens (including phenoxy) is 1. The summed E-state index contributed by atoms with van der Waals surface area (Å²) in [5, 5.41) is 0. The summed E-state index contributed by atoms with van der Waals surface area (Å²) in [6, 6.07) is 17.6. The second-order valence-corrected chi connectivity index (χ2v) is 6.87. The maximum absolute atomic E-state index is 13.3. The summed E-state index contributed by atoms with van der Waals surface area (Å²) < 4.78 is 44.7. The smallest absolute Gasteiger partial charge is 0.416 e. The molecule has 1 aliphatic rings. The highest BCUT2D eigenvalue weighted by molar-refractivity contribution is 6.43. The summed E-state index contributed by atoms with van der Waals surface area (Å²) >= 11 is 0. The monoisotopic (exact) mass is 423 g/mol. The number of halogens is 3. The van der Waals surface area contributed by atoms with Crippen LogP contribution < -0.4 is 9.64 Å². The number of benzene rings is 3. The fourth-order valence-corrected chi connectivity index (χ4v) is 3.41. The minimum absolute atomic E-state index is 0.139. The predicted molar refractivity (Wildman–Crippen MR) is 111 cm³/mol. The van der Waals surface area contributed by atoms with Crippen molar-refractivity contribution in [3.05, 3.63) is 95.1 Å². The third kappa shape index (κ3) is 3.82. The first-order chi connectivity index (χ1) is 14.8. The van der Waals surface area contributed by atoms with Crippen molar-refractivity contribution in [2.24, 2.45) is 0 Å². The van der Waals surface area contributed by atoms with Crippen molar-refractivity contribution >= 4 is 29.2 Å². The SMILES string of the molecule is COc1ccc(/C=C2\C(=O)N(c3cccc(C(F)(F)F)c3)C(=O)c3ccccc32)cc1. The highest BCUT2D eigenvalue weighted by atomic mass is 19.4. The third-order valence-corrected chi connectivity index (χ3v) is 4.94. The van der Waals surface area contributed by atoms with E-state index in [-0.39, 0.29) is 16.8 Å². The van der Waals surface area contributed by atoms with Crippen molar-refractivity contribution in [3.63, 3.8) is 0 Å². The van der Waals surface area contributed by atoms with Gasteiger partial charge in [0, 0.05) is 11.1 Å². The summed E-state index contributed by atoms with van der Waals surface area (Å²) in [6.07, 6.45) is -2.99. The quantitative estimate of drug-likeness (QED) is 0.416. The average Bonchev–Trinajstić information content (AvgIpc) is 2.77. The first-order valence-electron chi connectivity index (χ1n) is 9.31. The molecule has 7 heteroatoms. The number of fused-ring (bicyclic) bond motifs is 1. The van der Waals surface area contributed by atoms with Gasteiger partial charge >= 0.3 is 6.18 Å². The third-order valence-electron chi connectivity index (χ3n) is 4.94. The van der Waals surface area contributed by atoms with E-state index >= 15 is 0 Å². The topological polar surface area (TPSA) is 46.6 Å². The van der Waals surface area contributed by atoms with Gasteiger partial charge in [0.05, 0.1) is 18.4 Å². The minimum Gasteiger partial charge on any atom is -0.497 e. The van der Waals surface area contributed by atoms with Gasteiger partial charge in [-0.15, -0.1) is 0 Å². The highest BCUT2D eigenvalue weighted by Gasteiger charge is 2.37. The van der Waals surface area contributed by atoms with Crippen molar-refractivity contribution < 1.29 is 27.5 Å². The summed E-state index contributed by atoms with van der Waals surface area (Å²) in [5.74, 6) is -0.732. The zero-order valence-electron chi connectivity index (χ0n) is 16.3. The first kappa shape index (κ1) is 20.4. The van der Waals surface area contributed by atoms with E-state index in [4.69, 9.17) is 4.74 Å². The molecule has 0 N–H and O–H groups in total. The number of methoxy groups -OCH3 is 1. The number of nitrogens with zero attached hydrogens (tertiary/aromatic N) is 1. The normalized spacial score (nSPS) is 15.2. The number of carbonyl (C=O) groups is 2. The van der Waals surface area contributed by atoms with E-state index in [1.54, 1.807) is 54.6 Å². The van der Waals surface area contributed by atoms with Crippen LogP contribution in [0.15, 0.2) is 72.8 Å². The van der Waals surface area contributed by atoms with Gasteiger partial charge < -0.3 is 4.74 Å². The van der Waals surface area contributed by atoms with Gasteiger partial charge in [0.25, 0.3) is 11.8 Å². The van der Waals surface area contributed by atoms with Crippen LogP contribution in [0.5, 0.6) is 5.75 Å². The molecule has 1 aliphatic heterocycles. The van der Waals surface area contributed by atoms with Gasteiger partial charge in [-0.05, 0) is 53.6 Å². The van der Waals surface area contributed by atoms with Gasteiger partial charge in [0.15, 0.2) is 0 Å². The highest BCUT2D eigenvalue weighted by Crippen LogP contribution is 2.36. The lowest BCUT2D eigenvalue weighted by molar-refractivity contribution is -0.137. The van der Waals surface area contributed by atoms with Crippen LogP contribution in [0.1, 0.15) is 27.0 Å². The number of hydrogen-bond donors (Lipinski definition) is 0. The molecule has 0 aliphatic carbocycles. The lowest BCUT2D eigenvalue weighted by Gasteiger charge is -2.29. The van der Waals surface area contributed by atoms with Crippen LogP contribution >= 0.6 is 0 Å². The number of imide groups is 1. The van der Waals surface area contributed by atoms with Gasteiger partial charge in [-0.3, -0.25) is 9.59 Å². The van der Waals surface area contributed by atoms with Crippen LogP contribution in [0.25, 0.3) is 11.6 Å². The maximum Gasteiger partial charge on any atom is 0.416 e. The van der Waals surface area contributed by atoms with Crippen LogP contribution in [-0.4, -0.2) is 18.9 Å². The van der Waals surface area contributed by atoms with Crippen LogP contribution in [0.2, 0.25) is 0 Å². The average molecular weight is 423 g/mol. The predicted octanol–water partition coefficient (Wildman–Crippen LogP) is 5.44. The Morgan fingerprint density at radius 1 is 0.839 bits per heavy atom. The number of alkyl halides is 3. The summed E-state index contributed by atoms with van der Waals surface area (Å²) in [4.78, 5) is 27.2. The lowest BCUT2D eigenvalue weighted by atomic mass is 9.91. The van der Waals surface area contributed by atoms with E-state index in [0.717, 1.165) is 17.0 Å². The van der Waals surface area contributed by atoms with Crippen molar-refractivity contribution in [2.75, 3.05) is 12.0 Å². The lowest BCUT2D eigenvalue weighted by Crippen LogP contribution is -2.41. The standard InChI is InChI=1S/C24H16F3NO3/c1-31-18-11-9-15(10-12-18)13-21-19-7-2-3-8-20(19)22(29)28(23(21)30)17-6-4-5-16(14-17)24(25,26)27/h2-14H,1H3/b21-13-. The Kier molecular flexibility index (Phi) is 5.10. The largest absolute Gasteiger partial charge is 0.497 e. The van der Waals surface area contributed by atoms with E-state index < -0.39 is 23.6 Å². The fraction of sp³-hybridized carbons (Fsp3) is 0.0833. The molecule has 0 saturated heterocycles. The van der Waals surface area contributed by atoms with Crippen LogP contribution in [0.4, 0.5) is 18.9 Å². The Bertz CT molecular complexity index is 1200. The Labute approximate surface area is 176 Å². The van der Waals surface area contributed by atoms with E-state index in [2.05, 4.69) is 0 Å². The number of hydrogen-bond acceptors (Lipinski definition) is 3. The van der Waals surface area contributed by atoms with E-state index in [0.29, 0.717) is 16.9 Å². The molecule has 0 atom stereocenters. The zero-order valence-corrected chi connectivity index (χ0v) is 16.3. The van der Waals surface area contributed by atoms with Crippen LogP contribution in [0.3, 0.4) is 0 Å². The molecule has 4 nitrogen and oxygen atoms in total. The molecule has 3 aromatic carbocycles. The fourth-order valence-electron chi connectivity index (χ4n) is 3.41. The van der Waals surface area contributed by atoms with Gasteiger partial charge in [0.1, 0.15) is 5.75 Å². The summed E-state index contributed by atoms with van der Waals surface area (Å²) in [6.45, 7) is 0. The van der Waals surface area contributed by atoms with Crippen molar-refractivity contribution in [2.45, 2.75) is 6.18 Å². The molecule has 0 radical (unpaired) electrons. The van der Waals surface area contributed by atoms with Gasteiger partial charge in [-0.2, -0.15) is 13.2 Å². The van der Waals surface area contributed by atoms with Gasteiger partial charge in [-0.25, -0.2) is 4.90 Å². The number of amides is 2. The second kappa shape index (κ2) is 7.75. The first-order valence-corrected chi connectivity index (χ1v) is 9.31. The molecule has 3 aromatic rings. The molecule has 4 rings (SSSR count). The van der Waals surface area contributed by atoms with Gasteiger partial charge in [0.2, 0.25) is 0 Å². The Hall–Kier alpha value is -3.87. The molecule has 31 heavy (non-hydrogen) atoms.